The van der Waals surface area contributed by atoms with Crippen LogP contribution in [0.1, 0.15) is 20.3 Å². The highest BCUT2D eigenvalue weighted by molar-refractivity contribution is 4.88. The Hall–Kier alpha value is -0.520. The number of nitrogens with two attached hydrogens (primary N) is 1. The van der Waals surface area contributed by atoms with Crippen LogP contribution in [-0.2, 0) is 0 Å². The van der Waals surface area contributed by atoms with Crippen LogP contribution in [0.2, 0.25) is 0 Å². The summed E-state index contributed by atoms with van der Waals surface area (Å²) in [6.45, 7) is 5.65. The highest BCUT2D eigenvalue weighted by Gasteiger charge is 2.06. The van der Waals surface area contributed by atoms with E-state index in [1.165, 1.54) is 0 Å². The Morgan fingerprint density at radius 1 is 1.55 bits per heavy atom. The van der Waals surface area contributed by atoms with Crippen molar-refractivity contribution < 1.29 is 0 Å². The van der Waals surface area contributed by atoms with Crippen LogP contribution in [0.15, 0.2) is 0 Å². The molecule has 0 radical (unpaired) electrons. The van der Waals surface area contributed by atoms with Crippen molar-refractivity contribution in [1.29, 1.82) is 0 Å². The summed E-state index contributed by atoms with van der Waals surface area (Å²) in [5, 5.41) is 3.19. The quantitative estimate of drug-likeness (QED) is 0.569. The summed E-state index contributed by atoms with van der Waals surface area (Å²) in [4.78, 5) is 0. The number of nitrogens with one attached hydrogen (secondary N) is 1. The second-order valence-electron chi connectivity index (χ2n) is 3.15. The molecular formula is C9H18N2. The number of terminal acetylenes is 1. The fourth-order valence-corrected chi connectivity index (χ4v) is 1.04. The first-order chi connectivity index (χ1) is 5.20. The van der Waals surface area contributed by atoms with E-state index in [1.54, 1.807) is 0 Å². The fraction of sp³-hybridized carbons (Fsp3) is 0.778. The Bertz CT molecular complexity index is 124. The van der Waals surface area contributed by atoms with Gasteiger partial charge < -0.3 is 11.1 Å². The van der Waals surface area contributed by atoms with Gasteiger partial charge in [0.15, 0.2) is 0 Å². The van der Waals surface area contributed by atoms with E-state index >= 15 is 0 Å². The van der Waals surface area contributed by atoms with Gasteiger partial charge in [-0.1, -0.05) is 19.8 Å². The summed E-state index contributed by atoms with van der Waals surface area (Å²) in [5.74, 6) is 3.21. The normalized spacial score (nSPS) is 13.0. The van der Waals surface area contributed by atoms with Gasteiger partial charge in [0.1, 0.15) is 0 Å². The van der Waals surface area contributed by atoms with Gasteiger partial charge in [-0.2, -0.15) is 0 Å². The van der Waals surface area contributed by atoms with E-state index in [9.17, 15) is 0 Å². The Balaban J connectivity index is 3.51. The maximum atomic E-state index is 5.53. The lowest BCUT2D eigenvalue weighted by Gasteiger charge is -2.16. The molecule has 0 saturated heterocycles. The largest absolute Gasteiger partial charge is 0.329 e. The van der Waals surface area contributed by atoms with E-state index in [0.29, 0.717) is 25.0 Å². The zero-order chi connectivity index (χ0) is 8.69. The molecule has 0 amide bonds. The van der Waals surface area contributed by atoms with Gasteiger partial charge in [0.05, 0.1) is 6.54 Å². The van der Waals surface area contributed by atoms with Crippen LogP contribution in [0.3, 0.4) is 0 Å². The number of rotatable bonds is 5. The minimum absolute atomic E-state index is 0.381. The molecule has 2 heteroatoms. The Morgan fingerprint density at radius 3 is 2.55 bits per heavy atom. The molecule has 1 atom stereocenters. The predicted molar refractivity (Wildman–Crippen MR) is 49.1 cm³/mol. The van der Waals surface area contributed by atoms with Gasteiger partial charge in [0, 0.05) is 12.6 Å². The molecule has 0 aliphatic rings. The molecule has 0 aliphatic carbocycles. The van der Waals surface area contributed by atoms with Crippen LogP contribution in [0.5, 0.6) is 0 Å². The van der Waals surface area contributed by atoms with Gasteiger partial charge in [-0.25, -0.2) is 0 Å². The summed E-state index contributed by atoms with van der Waals surface area (Å²) in [6, 6.07) is 0.381. The van der Waals surface area contributed by atoms with Crippen LogP contribution in [0, 0.1) is 18.3 Å². The van der Waals surface area contributed by atoms with Crippen molar-refractivity contribution in [3.63, 3.8) is 0 Å². The minimum atomic E-state index is 0.381. The summed E-state index contributed by atoms with van der Waals surface area (Å²) < 4.78 is 0. The van der Waals surface area contributed by atoms with E-state index in [2.05, 4.69) is 25.1 Å². The SMILES string of the molecule is C#CCNC(CN)CC(C)C. The molecule has 0 spiro atoms. The maximum absolute atomic E-state index is 5.53. The average Bonchev–Trinajstić information content (AvgIpc) is 1.97. The van der Waals surface area contributed by atoms with E-state index in [0.717, 1.165) is 6.42 Å². The van der Waals surface area contributed by atoms with Gasteiger partial charge >= 0.3 is 0 Å². The maximum Gasteiger partial charge on any atom is 0.0576 e. The molecule has 1 unspecified atom stereocenters. The van der Waals surface area contributed by atoms with Gasteiger partial charge in [0.2, 0.25) is 0 Å². The first kappa shape index (κ1) is 10.5. The summed E-state index contributed by atoms with van der Waals surface area (Å²) in [7, 11) is 0. The van der Waals surface area contributed by atoms with Crippen LogP contribution < -0.4 is 11.1 Å². The average molecular weight is 154 g/mol. The van der Waals surface area contributed by atoms with Crippen molar-refractivity contribution in [3.05, 3.63) is 0 Å². The first-order valence-electron chi connectivity index (χ1n) is 4.07. The molecule has 0 rings (SSSR count). The third kappa shape index (κ3) is 5.90. The lowest BCUT2D eigenvalue weighted by atomic mass is 10.0. The zero-order valence-electron chi connectivity index (χ0n) is 7.43. The lowest BCUT2D eigenvalue weighted by molar-refractivity contribution is 0.440. The van der Waals surface area contributed by atoms with Crippen molar-refractivity contribution in [2.24, 2.45) is 11.7 Å². The number of hydrogen-bond donors (Lipinski definition) is 2. The van der Waals surface area contributed by atoms with Crippen molar-refractivity contribution in [3.8, 4) is 12.3 Å². The molecule has 11 heavy (non-hydrogen) atoms. The van der Waals surface area contributed by atoms with E-state index in [-0.39, 0.29) is 0 Å². The highest BCUT2D eigenvalue weighted by atomic mass is 14.9. The molecular weight excluding hydrogens is 136 g/mol. The summed E-state index contributed by atoms with van der Waals surface area (Å²) in [5.41, 5.74) is 5.53. The predicted octanol–water partition coefficient (Wildman–Crippen LogP) is 0.583. The second kappa shape index (κ2) is 6.21. The van der Waals surface area contributed by atoms with Gasteiger partial charge in [0.25, 0.3) is 0 Å². The van der Waals surface area contributed by atoms with Gasteiger partial charge in [-0.05, 0) is 12.3 Å². The minimum Gasteiger partial charge on any atom is -0.329 e. The summed E-state index contributed by atoms with van der Waals surface area (Å²) >= 11 is 0. The Kier molecular flexibility index (Phi) is 5.91. The molecule has 0 aliphatic heterocycles. The van der Waals surface area contributed by atoms with Crippen molar-refractivity contribution in [2.45, 2.75) is 26.3 Å². The van der Waals surface area contributed by atoms with Gasteiger partial charge in [-0.15, -0.1) is 6.42 Å². The van der Waals surface area contributed by atoms with Crippen molar-refractivity contribution in [1.82, 2.24) is 5.32 Å². The molecule has 2 nitrogen and oxygen atoms in total. The van der Waals surface area contributed by atoms with Crippen molar-refractivity contribution >= 4 is 0 Å². The van der Waals surface area contributed by atoms with E-state index in [1.807, 2.05) is 0 Å². The molecule has 0 saturated carbocycles. The summed E-state index contributed by atoms with van der Waals surface area (Å²) in [6.07, 6.45) is 6.20. The second-order valence-corrected chi connectivity index (χ2v) is 3.15. The molecule has 3 N–H and O–H groups in total. The molecule has 0 heterocycles. The first-order valence-corrected chi connectivity index (χ1v) is 4.07. The van der Waals surface area contributed by atoms with Crippen LogP contribution in [-0.4, -0.2) is 19.1 Å². The monoisotopic (exact) mass is 154 g/mol. The van der Waals surface area contributed by atoms with Crippen LogP contribution >= 0.6 is 0 Å². The standard InChI is InChI=1S/C9H18N2/c1-4-5-11-9(7-10)6-8(2)3/h1,8-9,11H,5-7,10H2,2-3H3. The van der Waals surface area contributed by atoms with Crippen LogP contribution in [0.25, 0.3) is 0 Å². The van der Waals surface area contributed by atoms with E-state index < -0.39 is 0 Å². The highest BCUT2D eigenvalue weighted by Crippen LogP contribution is 2.02. The molecule has 0 aromatic rings. The van der Waals surface area contributed by atoms with Gasteiger partial charge in [-0.3, -0.25) is 0 Å². The van der Waals surface area contributed by atoms with Crippen molar-refractivity contribution in [2.75, 3.05) is 13.1 Å². The molecule has 64 valence electrons. The Labute approximate surface area is 69.5 Å². The smallest absolute Gasteiger partial charge is 0.0576 e. The zero-order valence-corrected chi connectivity index (χ0v) is 7.43. The molecule has 0 bridgehead atoms. The third-order valence-corrected chi connectivity index (χ3v) is 1.53. The number of hydrogen-bond acceptors (Lipinski definition) is 2. The lowest BCUT2D eigenvalue weighted by Crippen LogP contribution is -2.37. The molecule has 0 aromatic heterocycles. The molecule has 0 fully saturated rings. The third-order valence-electron chi connectivity index (χ3n) is 1.53. The molecule has 0 aromatic carbocycles. The Morgan fingerprint density at radius 2 is 2.18 bits per heavy atom. The van der Waals surface area contributed by atoms with Crippen LogP contribution in [0.4, 0.5) is 0 Å². The van der Waals surface area contributed by atoms with E-state index in [4.69, 9.17) is 12.2 Å². The fourth-order valence-electron chi connectivity index (χ4n) is 1.04. The topological polar surface area (TPSA) is 38.0 Å².